The van der Waals surface area contributed by atoms with E-state index in [1.54, 1.807) is 6.20 Å². The minimum Gasteiger partial charge on any atom is -0.454 e. The van der Waals surface area contributed by atoms with Crippen molar-refractivity contribution < 1.29 is 4.42 Å². The average molecular weight is 656 g/mol. The second-order valence-electron chi connectivity index (χ2n) is 12.8. The molecule has 0 atom stereocenters. The Labute approximate surface area is 293 Å². The predicted octanol–water partition coefficient (Wildman–Crippen LogP) is 13.7. The molecule has 0 saturated heterocycles. The molecular formula is C47H29NOS. The molecule has 0 aliphatic rings. The van der Waals surface area contributed by atoms with Crippen LogP contribution in [0.1, 0.15) is 0 Å². The van der Waals surface area contributed by atoms with Crippen LogP contribution in [0.2, 0.25) is 0 Å². The Balaban J connectivity index is 0.968. The Morgan fingerprint density at radius 1 is 0.340 bits per heavy atom. The largest absolute Gasteiger partial charge is 0.454 e. The highest BCUT2D eigenvalue weighted by Gasteiger charge is 2.11. The quantitative estimate of drug-likeness (QED) is 0.184. The number of nitrogens with zero attached hydrogens (tertiary/aromatic N) is 1. The number of rotatable bonds is 5. The van der Waals surface area contributed by atoms with Gasteiger partial charge in [0.25, 0.3) is 0 Å². The monoisotopic (exact) mass is 655 g/mol. The fourth-order valence-corrected chi connectivity index (χ4v) is 8.32. The molecule has 0 amide bonds. The highest BCUT2D eigenvalue weighted by atomic mass is 32.1. The number of fused-ring (bicyclic) bond motifs is 6. The number of hydrogen-bond acceptors (Lipinski definition) is 3. The molecule has 0 spiro atoms. The number of pyridine rings is 1. The van der Waals surface area contributed by atoms with Gasteiger partial charge in [-0.2, -0.15) is 0 Å². The van der Waals surface area contributed by atoms with E-state index in [4.69, 9.17) is 4.42 Å². The molecule has 0 fully saturated rings. The Kier molecular flexibility index (Phi) is 6.71. The third kappa shape index (κ3) is 4.99. The molecule has 0 radical (unpaired) electrons. The highest BCUT2D eigenvalue weighted by molar-refractivity contribution is 7.25. The third-order valence-corrected chi connectivity index (χ3v) is 10.9. The van der Waals surface area contributed by atoms with Gasteiger partial charge in [-0.25, -0.2) is 0 Å². The fourth-order valence-electron chi connectivity index (χ4n) is 7.23. The molecule has 0 unspecified atom stereocenters. The molecule has 3 heterocycles. The van der Waals surface area contributed by atoms with Crippen LogP contribution in [0.3, 0.4) is 0 Å². The molecule has 234 valence electrons. The smallest absolute Gasteiger partial charge is 0.153 e. The van der Waals surface area contributed by atoms with Crippen LogP contribution in [0.5, 0.6) is 0 Å². The van der Waals surface area contributed by atoms with Crippen molar-refractivity contribution in [3.8, 4) is 55.6 Å². The summed E-state index contributed by atoms with van der Waals surface area (Å²) in [7, 11) is 0. The maximum atomic E-state index is 6.02. The van der Waals surface area contributed by atoms with E-state index in [2.05, 4.69) is 163 Å². The molecule has 0 N–H and O–H groups in total. The van der Waals surface area contributed by atoms with Crippen molar-refractivity contribution in [2.24, 2.45) is 0 Å². The predicted molar refractivity (Wildman–Crippen MR) is 212 cm³/mol. The van der Waals surface area contributed by atoms with E-state index in [9.17, 15) is 0 Å². The van der Waals surface area contributed by atoms with Crippen LogP contribution in [0.25, 0.3) is 97.7 Å². The fraction of sp³-hybridized carbons (Fsp3) is 0. The highest BCUT2D eigenvalue weighted by Crippen LogP contribution is 2.38. The standard InChI is InChI=1S/C47H29NOS/c1-2-16-46-41(15-1)43-28-39(18-20-47(43)50-46)37-14-6-12-35(26-37)33-10-4-8-31(24-33)30-7-3-9-32(23-30)34-11-5-13-36(25-34)38-17-19-44-42(27-38)40-21-22-48-29-45(40)49-44/h1-29H. The van der Waals surface area contributed by atoms with Crippen LogP contribution in [0.15, 0.2) is 181 Å². The third-order valence-electron chi connectivity index (χ3n) is 9.77. The maximum Gasteiger partial charge on any atom is 0.153 e. The van der Waals surface area contributed by atoms with E-state index in [1.165, 1.54) is 70.2 Å². The van der Waals surface area contributed by atoms with E-state index < -0.39 is 0 Å². The van der Waals surface area contributed by atoms with Crippen LogP contribution in [-0.2, 0) is 0 Å². The average Bonchev–Trinajstić information content (AvgIpc) is 3.76. The van der Waals surface area contributed by atoms with Crippen molar-refractivity contribution >= 4 is 53.4 Å². The van der Waals surface area contributed by atoms with Gasteiger partial charge < -0.3 is 4.42 Å². The SMILES string of the molecule is c1cc(-c2cccc(-c3cccc(-c4ccc5sc6ccccc6c5c4)c3)c2)cc(-c2cccc(-c3ccc4oc5cnccc5c4c3)c2)c1. The lowest BCUT2D eigenvalue weighted by molar-refractivity contribution is 0.667. The molecule has 3 heteroatoms. The zero-order valence-electron chi connectivity index (χ0n) is 27.0. The second kappa shape index (κ2) is 11.7. The molecule has 10 aromatic rings. The van der Waals surface area contributed by atoms with Gasteiger partial charge in [0.2, 0.25) is 0 Å². The van der Waals surface area contributed by atoms with Crippen molar-refractivity contribution in [3.05, 3.63) is 176 Å². The Morgan fingerprint density at radius 3 is 1.40 bits per heavy atom. The Hall–Kier alpha value is -6.29. The summed E-state index contributed by atoms with van der Waals surface area (Å²) in [5.74, 6) is 0. The zero-order chi connectivity index (χ0) is 33.0. The van der Waals surface area contributed by atoms with Gasteiger partial charge in [-0.3, -0.25) is 4.98 Å². The summed E-state index contributed by atoms with van der Waals surface area (Å²) in [5.41, 5.74) is 13.7. The summed E-state index contributed by atoms with van der Waals surface area (Å²) in [6, 6.07) is 59.5. The number of aromatic nitrogens is 1. The first kappa shape index (κ1) is 28.7. The molecule has 3 aromatic heterocycles. The second-order valence-corrected chi connectivity index (χ2v) is 13.9. The number of hydrogen-bond donors (Lipinski definition) is 0. The minimum atomic E-state index is 0.812. The molecular weight excluding hydrogens is 627 g/mol. The van der Waals surface area contributed by atoms with Gasteiger partial charge in [-0.05, 0) is 116 Å². The van der Waals surface area contributed by atoms with E-state index in [0.29, 0.717) is 0 Å². The topological polar surface area (TPSA) is 26.0 Å². The van der Waals surface area contributed by atoms with Crippen LogP contribution < -0.4 is 0 Å². The molecule has 0 aliphatic heterocycles. The summed E-state index contributed by atoms with van der Waals surface area (Å²) in [6.07, 6.45) is 3.60. The van der Waals surface area contributed by atoms with Gasteiger partial charge in [0, 0.05) is 37.1 Å². The normalized spacial score (nSPS) is 11.6. The lowest BCUT2D eigenvalue weighted by Crippen LogP contribution is -1.85. The van der Waals surface area contributed by atoms with Crippen molar-refractivity contribution in [2.45, 2.75) is 0 Å². The van der Waals surface area contributed by atoms with Crippen molar-refractivity contribution in [3.63, 3.8) is 0 Å². The summed E-state index contributed by atoms with van der Waals surface area (Å²) in [5, 5.41) is 4.85. The maximum absolute atomic E-state index is 6.02. The van der Waals surface area contributed by atoms with Gasteiger partial charge in [0.15, 0.2) is 5.58 Å². The van der Waals surface area contributed by atoms with Crippen LogP contribution in [0.4, 0.5) is 0 Å². The summed E-state index contributed by atoms with van der Waals surface area (Å²) >= 11 is 1.86. The van der Waals surface area contributed by atoms with Gasteiger partial charge in [0.1, 0.15) is 5.58 Å². The number of benzene rings is 7. The molecule has 7 aromatic carbocycles. The van der Waals surface area contributed by atoms with Gasteiger partial charge in [0.05, 0.1) is 6.20 Å². The van der Waals surface area contributed by atoms with Crippen molar-refractivity contribution in [2.75, 3.05) is 0 Å². The van der Waals surface area contributed by atoms with E-state index >= 15 is 0 Å². The van der Waals surface area contributed by atoms with Gasteiger partial charge in [-0.1, -0.05) is 103 Å². The first-order valence-corrected chi connectivity index (χ1v) is 17.6. The molecule has 0 aliphatic carbocycles. The van der Waals surface area contributed by atoms with Crippen molar-refractivity contribution in [1.82, 2.24) is 4.98 Å². The summed E-state index contributed by atoms with van der Waals surface area (Å²) in [4.78, 5) is 4.22. The van der Waals surface area contributed by atoms with Crippen LogP contribution in [0, 0.1) is 0 Å². The van der Waals surface area contributed by atoms with Gasteiger partial charge >= 0.3 is 0 Å². The Morgan fingerprint density at radius 2 is 0.820 bits per heavy atom. The van der Waals surface area contributed by atoms with Crippen LogP contribution in [-0.4, -0.2) is 4.98 Å². The molecule has 50 heavy (non-hydrogen) atoms. The number of furan rings is 1. The first-order chi connectivity index (χ1) is 24.7. The van der Waals surface area contributed by atoms with Crippen molar-refractivity contribution in [1.29, 1.82) is 0 Å². The zero-order valence-corrected chi connectivity index (χ0v) is 27.8. The lowest BCUT2D eigenvalue weighted by Gasteiger charge is -2.11. The first-order valence-electron chi connectivity index (χ1n) is 16.8. The van der Waals surface area contributed by atoms with E-state index in [1.807, 2.05) is 23.6 Å². The lowest BCUT2D eigenvalue weighted by atomic mass is 9.94. The molecule has 0 saturated carbocycles. The van der Waals surface area contributed by atoms with Gasteiger partial charge in [-0.15, -0.1) is 11.3 Å². The number of thiophene rings is 1. The van der Waals surface area contributed by atoms with E-state index in [0.717, 1.165) is 27.5 Å². The molecule has 10 rings (SSSR count). The van der Waals surface area contributed by atoms with E-state index in [-0.39, 0.29) is 0 Å². The molecule has 2 nitrogen and oxygen atoms in total. The van der Waals surface area contributed by atoms with Crippen LogP contribution >= 0.6 is 11.3 Å². The minimum absolute atomic E-state index is 0.812. The Bertz CT molecular complexity index is 2690. The molecule has 0 bridgehead atoms. The summed E-state index contributed by atoms with van der Waals surface area (Å²) < 4.78 is 8.68. The summed E-state index contributed by atoms with van der Waals surface area (Å²) in [6.45, 7) is 0.